The zero-order chi connectivity index (χ0) is 16.3. The van der Waals surface area contributed by atoms with Crippen LogP contribution in [0.3, 0.4) is 0 Å². The molecular weight excluding hydrogens is 308 g/mol. The molecule has 122 valence electrons. The number of piperidine rings is 1. The number of carbonyl (C=O) groups is 1. The lowest BCUT2D eigenvalue weighted by atomic mass is 10.0. The molecular formula is C14H21ClN4O3. The summed E-state index contributed by atoms with van der Waals surface area (Å²) in [6, 6.07) is 0.0632. The number of alkyl carbamates (subject to hydrolysis) is 1. The Morgan fingerprint density at radius 3 is 2.68 bits per heavy atom. The summed E-state index contributed by atoms with van der Waals surface area (Å²) >= 11 is 6.04. The summed E-state index contributed by atoms with van der Waals surface area (Å²) in [5.41, 5.74) is 0.156. The molecule has 0 aromatic carbocycles. The van der Waals surface area contributed by atoms with Crippen LogP contribution in [0.1, 0.15) is 33.6 Å². The number of anilines is 1. The van der Waals surface area contributed by atoms with Crippen molar-refractivity contribution in [2.24, 2.45) is 0 Å². The smallest absolute Gasteiger partial charge is 0.407 e. The van der Waals surface area contributed by atoms with Gasteiger partial charge in [0.1, 0.15) is 10.6 Å². The van der Waals surface area contributed by atoms with E-state index in [9.17, 15) is 9.90 Å². The van der Waals surface area contributed by atoms with Crippen LogP contribution in [0.5, 0.6) is 5.88 Å². The lowest BCUT2D eigenvalue weighted by Gasteiger charge is -2.34. The van der Waals surface area contributed by atoms with E-state index in [1.54, 1.807) is 0 Å². The van der Waals surface area contributed by atoms with Crippen LogP contribution < -0.4 is 10.2 Å². The number of nitrogens with zero attached hydrogens (tertiary/aromatic N) is 3. The molecule has 0 atom stereocenters. The molecule has 1 aromatic heterocycles. The van der Waals surface area contributed by atoms with Crippen LogP contribution in [0, 0.1) is 0 Å². The molecule has 0 unspecified atom stereocenters. The molecule has 2 heterocycles. The number of ether oxygens (including phenoxy) is 1. The van der Waals surface area contributed by atoms with Crippen molar-refractivity contribution in [2.75, 3.05) is 18.0 Å². The molecule has 8 heteroatoms. The van der Waals surface area contributed by atoms with Crippen LogP contribution >= 0.6 is 11.6 Å². The van der Waals surface area contributed by atoms with Gasteiger partial charge in [-0.3, -0.25) is 0 Å². The van der Waals surface area contributed by atoms with Crippen LogP contribution in [-0.2, 0) is 4.74 Å². The van der Waals surface area contributed by atoms with Crippen molar-refractivity contribution < 1.29 is 14.6 Å². The molecule has 1 fully saturated rings. The summed E-state index contributed by atoms with van der Waals surface area (Å²) in [5, 5.41) is 19.8. The van der Waals surface area contributed by atoms with Gasteiger partial charge in [-0.2, -0.15) is 5.10 Å². The fourth-order valence-corrected chi connectivity index (χ4v) is 2.52. The van der Waals surface area contributed by atoms with Crippen LogP contribution in [0.25, 0.3) is 0 Å². The number of nitrogens with one attached hydrogen (secondary N) is 1. The minimum atomic E-state index is -0.501. The molecule has 22 heavy (non-hydrogen) atoms. The van der Waals surface area contributed by atoms with Crippen LogP contribution in [-0.4, -0.2) is 46.1 Å². The Morgan fingerprint density at radius 2 is 2.09 bits per heavy atom. The SMILES string of the molecule is CC(C)(C)OC(=O)NC1CCN(c2cnnc(O)c2Cl)CC1. The highest BCUT2D eigenvalue weighted by Crippen LogP contribution is 2.32. The molecule has 0 spiro atoms. The maximum absolute atomic E-state index is 11.8. The average molecular weight is 329 g/mol. The third-order valence-corrected chi connectivity index (χ3v) is 3.67. The predicted molar refractivity (Wildman–Crippen MR) is 83.3 cm³/mol. The first kappa shape index (κ1) is 16.6. The third-order valence-electron chi connectivity index (χ3n) is 3.31. The van der Waals surface area contributed by atoms with Crippen molar-refractivity contribution in [1.29, 1.82) is 0 Å². The first-order chi connectivity index (χ1) is 10.3. The van der Waals surface area contributed by atoms with Gasteiger partial charge in [0.2, 0.25) is 0 Å². The van der Waals surface area contributed by atoms with E-state index in [1.807, 2.05) is 25.7 Å². The van der Waals surface area contributed by atoms with Gasteiger partial charge in [-0.05, 0) is 33.6 Å². The van der Waals surface area contributed by atoms with Crippen molar-refractivity contribution in [1.82, 2.24) is 15.5 Å². The maximum atomic E-state index is 11.8. The van der Waals surface area contributed by atoms with Crippen molar-refractivity contribution in [3.8, 4) is 5.88 Å². The maximum Gasteiger partial charge on any atom is 0.407 e. The summed E-state index contributed by atoms with van der Waals surface area (Å²) in [5.74, 6) is -0.270. The Balaban J connectivity index is 1.88. The number of amides is 1. The number of hydrogen-bond acceptors (Lipinski definition) is 6. The standard InChI is InChI=1S/C14H21ClN4O3/c1-14(2,3)22-13(21)17-9-4-6-19(7-5-9)10-8-16-18-12(20)11(10)15/h8-9H,4-7H2,1-3H3,(H,17,21)(H,18,20). The topological polar surface area (TPSA) is 87.6 Å². The summed E-state index contributed by atoms with van der Waals surface area (Å²) < 4.78 is 5.25. The van der Waals surface area contributed by atoms with Gasteiger partial charge in [-0.25, -0.2) is 4.79 Å². The second-order valence-corrected chi connectivity index (χ2v) is 6.65. The number of carbonyl (C=O) groups excluding carboxylic acids is 1. The third kappa shape index (κ3) is 4.37. The minimum Gasteiger partial charge on any atom is -0.491 e. The largest absolute Gasteiger partial charge is 0.491 e. The van der Waals surface area contributed by atoms with E-state index < -0.39 is 11.7 Å². The highest BCUT2D eigenvalue weighted by Gasteiger charge is 2.25. The Hall–Kier alpha value is -1.76. The van der Waals surface area contributed by atoms with Crippen molar-refractivity contribution >= 4 is 23.4 Å². The second-order valence-electron chi connectivity index (χ2n) is 6.27. The van der Waals surface area contributed by atoms with Crippen LogP contribution in [0.4, 0.5) is 10.5 Å². The Kier molecular flexibility index (Phi) is 4.95. The molecule has 1 aliphatic rings. The molecule has 0 saturated carbocycles. The molecule has 0 bridgehead atoms. The molecule has 2 N–H and O–H groups in total. The number of halogens is 1. The van der Waals surface area contributed by atoms with E-state index >= 15 is 0 Å². The Labute approximate surface area is 134 Å². The number of aromatic hydroxyl groups is 1. The normalized spacial score (nSPS) is 16.5. The molecule has 0 radical (unpaired) electrons. The zero-order valence-electron chi connectivity index (χ0n) is 13.0. The van der Waals surface area contributed by atoms with Gasteiger partial charge in [0.05, 0.1) is 11.9 Å². The van der Waals surface area contributed by atoms with Gasteiger partial charge >= 0.3 is 6.09 Å². The van der Waals surface area contributed by atoms with Gasteiger partial charge in [0.25, 0.3) is 5.88 Å². The molecule has 1 aliphatic heterocycles. The van der Waals surface area contributed by atoms with Gasteiger partial charge < -0.3 is 20.1 Å². The monoisotopic (exact) mass is 328 g/mol. The van der Waals surface area contributed by atoms with E-state index in [1.165, 1.54) is 6.20 Å². The van der Waals surface area contributed by atoms with E-state index in [0.717, 1.165) is 12.8 Å². The summed E-state index contributed by atoms with van der Waals surface area (Å²) in [6.45, 7) is 6.90. The number of aromatic nitrogens is 2. The number of hydrogen-bond donors (Lipinski definition) is 2. The van der Waals surface area contributed by atoms with Crippen LogP contribution in [0.2, 0.25) is 5.02 Å². The molecule has 2 rings (SSSR count). The van der Waals surface area contributed by atoms with Gasteiger partial charge in [-0.15, -0.1) is 5.10 Å². The molecule has 7 nitrogen and oxygen atoms in total. The molecule has 1 aromatic rings. The summed E-state index contributed by atoms with van der Waals surface area (Å²) in [4.78, 5) is 13.8. The van der Waals surface area contributed by atoms with Crippen LogP contribution in [0.15, 0.2) is 6.20 Å². The lowest BCUT2D eigenvalue weighted by molar-refractivity contribution is 0.0497. The Bertz CT molecular complexity index is 539. The highest BCUT2D eigenvalue weighted by atomic mass is 35.5. The predicted octanol–water partition coefficient (Wildman–Crippen LogP) is 2.33. The minimum absolute atomic E-state index is 0.0632. The van der Waals surface area contributed by atoms with Crippen molar-refractivity contribution in [3.63, 3.8) is 0 Å². The second kappa shape index (κ2) is 6.56. The fraction of sp³-hybridized carbons (Fsp3) is 0.643. The number of rotatable bonds is 2. The first-order valence-corrected chi connectivity index (χ1v) is 7.58. The van der Waals surface area contributed by atoms with E-state index in [-0.39, 0.29) is 16.9 Å². The molecule has 1 saturated heterocycles. The van der Waals surface area contributed by atoms with Gasteiger partial charge in [0, 0.05) is 19.1 Å². The van der Waals surface area contributed by atoms with Gasteiger partial charge in [-0.1, -0.05) is 11.6 Å². The molecule has 0 aliphatic carbocycles. The Morgan fingerprint density at radius 1 is 1.45 bits per heavy atom. The lowest BCUT2D eigenvalue weighted by Crippen LogP contribution is -2.46. The van der Waals surface area contributed by atoms with Crippen molar-refractivity contribution in [3.05, 3.63) is 11.2 Å². The zero-order valence-corrected chi connectivity index (χ0v) is 13.7. The highest BCUT2D eigenvalue weighted by molar-refractivity contribution is 6.34. The average Bonchev–Trinajstić information content (AvgIpc) is 2.41. The summed E-state index contributed by atoms with van der Waals surface area (Å²) in [7, 11) is 0. The van der Waals surface area contributed by atoms with Gasteiger partial charge in [0.15, 0.2) is 0 Å². The molecule has 1 amide bonds. The van der Waals surface area contributed by atoms with E-state index in [4.69, 9.17) is 16.3 Å². The summed E-state index contributed by atoms with van der Waals surface area (Å²) in [6.07, 6.45) is 2.66. The van der Waals surface area contributed by atoms with E-state index in [0.29, 0.717) is 18.8 Å². The quantitative estimate of drug-likeness (QED) is 0.866. The first-order valence-electron chi connectivity index (χ1n) is 7.21. The fourth-order valence-electron chi connectivity index (χ4n) is 2.31. The van der Waals surface area contributed by atoms with Crippen molar-refractivity contribution in [2.45, 2.75) is 45.3 Å². The van der Waals surface area contributed by atoms with E-state index in [2.05, 4.69) is 15.5 Å².